The average molecular weight is 399 g/mol. The van der Waals surface area contributed by atoms with Gasteiger partial charge >= 0.3 is 5.97 Å². The SMILES string of the molecule is O=C(O)[C@@H]1C[C@@H](O)CN1C(=O)c1cc(Br)sc1Br. The predicted molar refractivity (Wildman–Crippen MR) is 72.8 cm³/mol. The summed E-state index contributed by atoms with van der Waals surface area (Å²) in [6.45, 7) is 0.0513. The van der Waals surface area contributed by atoms with Gasteiger partial charge in [-0.15, -0.1) is 11.3 Å². The molecule has 1 aliphatic heterocycles. The topological polar surface area (TPSA) is 77.8 Å². The van der Waals surface area contributed by atoms with Crippen molar-refractivity contribution in [1.82, 2.24) is 4.90 Å². The number of amides is 1. The Hall–Kier alpha value is -0.440. The van der Waals surface area contributed by atoms with Crippen LogP contribution in [0.15, 0.2) is 13.6 Å². The van der Waals surface area contributed by atoms with E-state index in [9.17, 15) is 14.7 Å². The Bertz CT molecular complexity index is 504. The molecule has 0 radical (unpaired) electrons. The standard InChI is InChI=1S/C10H9Br2NO4S/c11-7-2-5(8(12)18-7)9(15)13-3-4(14)1-6(13)10(16)17/h2,4,6,14H,1,3H2,(H,16,17)/t4-,6+/m1/s1. The number of carboxylic acids is 1. The lowest BCUT2D eigenvalue weighted by Crippen LogP contribution is -2.40. The van der Waals surface area contributed by atoms with Gasteiger partial charge in [0.2, 0.25) is 0 Å². The number of thiophene rings is 1. The molecule has 2 rings (SSSR count). The molecule has 1 fully saturated rings. The van der Waals surface area contributed by atoms with E-state index < -0.39 is 18.1 Å². The lowest BCUT2D eigenvalue weighted by atomic mass is 10.2. The van der Waals surface area contributed by atoms with Gasteiger partial charge in [-0.05, 0) is 37.9 Å². The molecule has 1 saturated heterocycles. The monoisotopic (exact) mass is 397 g/mol. The second-order valence-electron chi connectivity index (χ2n) is 3.94. The highest BCUT2D eigenvalue weighted by atomic mass is 79.9. The number of carbonyl (C=O) groups is 2. The number of nitrogens with zero attached hydrogens (tertiary/aromatic N) is 1. The summed E-state index contributed by atoms with van der Waals surface area (Å²) < 4.78 is 1.43. The van der Waals surface area contributed by atoms with E-state index in [4.69, 9.17) is 5.11 Å². The molecule has 1 aromatic rings. The van der Waals surface area contributed by atoms with E-state index in [-0.39, 0.29) is 18.9 Å². The lowest BCUT2D eigenvalue weighted by Gasteiger charge is -2.20. The highest BCUT2D eigenvalue weighted by molar-refractivity contribution is 9.12. The Kier molecular flexibility index (Phi) is 4.10. The number of aliphatic hydroxyl groups excluding tert-OH is 1. The number of β-amino-alcohol motifs (C(OH)–C–C–N with tert-alkyl or cyclic N) is 1. The minimum atomic E-state index is -1.09. The zero-order chi connectivity index (χ0) is 13.4. The molecule has 8 heteroatoms. The van der Waals surface area contributed by atoms with Crippen LogP contribution in [0.1, 0.15) is 16.8 Å². The second-order valence-corrected chi connectivity index (χ2v) is 7.69. The van der Waals surface area contributed by atoms with Crippen molar-refractivity contribution in [2.45, 2.75) is 18.6 Å². The summed E-state index contributed by atoms with van der Waals surface area (Å²) in [7, 11) is 0. The molecule has 0 aromatic carbocycles. The number of likely N-dealkylation sites (tertiary alicyclic amines) is 1. The first kappa shape index (κ1) is 14.0. The maximum atomic E-state index is 12.2. The fraction of sp³-hybridized carbons (Fsp3) is 0.400. The van der Waals surface area contributed by atoms with Crippen molar-refractivity contribution in [2.24, 2.45) is 0 Å². The third-order valence-corrected chi connectivity index (χ3v) is 5.05. The molecular weight excluding hydrogens is 390 g/mol. The van der Waals surface area contributed by atoms with Crippen LogP contribution in [0.2, 0.25) is 0 Å². The summed E-state index contributed by atoms with van der Waals surface area (Å²) in [5, 5.41) is 18.6. The molecule has 0 aliphatic carbocycles. The van der Waals surface area contributed by atoms with E-state index in [0.29, 0.717) is 9.35 Å². The van der Waals surface area contributed by atoms with E-state index in [1.807, 2.05) is 0 Å². The molecule has 0 spiro atoms. The number of carbonyl (C=O) groups excluding carboxylic acids is 1. The lowest BCUT2D eigenvalue weighted by molar-refractivity contribution is -0.141. The third-order valence-electron chi connectivity index (χ3n) is 2.71. The molecule has 2 atom stereocenters. The molecule has 18 heavy (non-hydrogen) atoms. The summed E-state index contributed by atoms with van der Waals surface area (Å²) in [5.41, 5.74) is 0.409. The molecule has 98 valence electrons. The van der Waals surface area contributed by atoms with Gasteiger partial charge < -0.3 is 15.1 Å². The molecule has 1 aliphatic rings. The molecule has 2 N–H and O–H groups in total. The highest BCUT2D eigenvalue weighted by Crippen LogP contribution is 2.34. The van der Waals surface area contributed by atoms with Crippen LogP contribution >= 0.6 is 43.2 Å². The van der Waals surface area contributed by atoms with Crippen molar-refractivity contribution in [3.63, 3.8) is 0 Å². The normalized spacial score (nSPS) is 23.4. The predicted octanol–water partition coefficient (Wildman–Crippen LogP) is 1.93. The number of hydrogen-bond acceptors (Lipinski definition) is 4. The number of halogens is 2. The van der Waals surface area contributed by atoms with Crippen LogP contribution in [0, 0.1) is 0 Å². The fourth-order valence-electron chi connectivity index (χ4n) is 1.91. The van der Waals surface area contributed by atoms with Crippen molar-refractivity contribution in [3.05, 3.63) is 19.2 Å². The summed E-state index contributed by atoms with van der Waals surface area (Å²) in [6.07, 6.45) is -0.708. The van der Waals surface area contributed by atoms with Crippen LogP contribution < -0.4 is 0 Å². The second kappa shape index (κ2) is 5.28. The van der Waals surface area contributed by atoms with Crippen LogP contribution in [0.5, 0.6) is 0 Å². The van der Waals surface area contributed by atoms with E-state index >= 15 is 0 Å². The fourth-order valence-corrected chi connectivity index (χ4v) is 4.69. The summed E-state index contributed by atoms with van der Waals surface area (Å²) in [6, 6.07) is 0.679. The molecule has 1 aromatic heterocycles. The Labute approximate surface area is 124 Å². The molecule has 2 heterocycles. The zero-order valence-electron chi connectivity index (χ0n) is 8.97. The number of hydrogen-bond donors (Lipinski definition) is 2. The van der Waals surface area contributed by atoms with Gasteiger partial charge in [0.25, 0.3) is 5.91 Å². The largest absolute Gasteiger partial charge is 0.480 e. The number of aliphatic carboxylic acids is 1. The molecule has 5 nitrogen and oxygen atoms in total. The van der Waals surface area contributed by atoms with Crippen LogP contribution in [0.4, 0.5) is 0 Å². The van der Waals surface area contributed by atoms with Crippen LogP contribution in [0.25, 0.3) is 0 Å². The van der Waals surface area contributed by atoms with Gasteiger partial charge in [-0.1, -0.05) is 0 Å². The Morgan fingerprint density at radius 3 is 2.61 bits per heavy atom. The van der Waals surface area contributed by atoms with E-state index in [1.165, 1.54) is 16.2 Å². The van der Waals surface area contributed by atoms with E-state index in [0.717, 1.165) is 3.79 Å². The third kappa shape index (κ3) is 2.61. The molecule has 1 amide bonds. The maximum absolute atomic E-state index is 12.2. The average Bonchev–Trinajstić information content (AvgIpc) is 2.81. The maximum Gasteiger partial charge on any atom is 0.326 e. The van der Waals surface area contributed by atoms with Crippen LogP contribution in [0.3, 0.4) is 0 Å². The molecular formula is C10H9Br2NO4S. The zero-order valence-corrected chi connectivity index (χ0v) is 13.0. The summed E-state index contributed by atoms with van der Waals surface area (Å²) in [5.74, 6) is -1.47. The quantitative estimate of drug-likeness (QED) is 0.797. The Morgan fingerprint density at radius 1 is 1.44 bits per heavy atom. The summed E-state index contributed by atoms with van der Waals surface area (Å²) >= 11 is 7.88. The van der Waals surface area contributed by atoms with E-state index in [1.54, 1.807) is 6.07 Å². The minimum Gasteiger partial charge on any atom is -0.480 e. The highest BCUT2D eigenvalue weighted by Gasteiger charge is 2.39. The van der Waals surface area contributed by atoms with E-state index in [2.05, 4.69) is 31.9 Å². The summed E-state index contributed by atoms with van der Waals surface area (Å²) in [4.78, 5) is 24.5. The first-order chi connectivity index (χ1) is 8.40. The number of carboxylic acid groups (broad SMARTS) is 1. The van der Waals surface area contributed by atoms with Crippen LogP contribution in [-0.4, -0.2) is 45.7 Å². The van der Waals surface area contributed by atoms with Gasteiger partial charge in [0.1, 0.15) is 6.04 Å². The van der Waals surface area contributed by atoms with Gasteiger partial charge in [0.15, 0.2) is 0 Å². The first-order valence-electron chi connectivity index (χ1n) is 5.07. The number of aliphatic hydroxyl groups is 1. The minimum absolute atomic E-state index is 0.0513. The molecule has 0 unspecified atom stereocenters. The Morgan fingerprint density at radius 2 is 2.11 bits per heavy atom. The van der Waals surface area contributed by atoms with Gasteiger partial charge in [0.05, 0.1) is 19.2 Å². The van der Waals surface area contributed by atoms with Crippen LogP contribution in [-0.2, 0) is 4.79 Å². The van der Waals surface area contributed by atoms with Gasteiger partial charge in [-0.25, -0.2) is 4.79 Å². The molecule has 0 saturated carbocycles. The van der Waals surface area contributed by atoms with Gasteiger partial charge in [-0.3, -0.25) is 4.79 Å². The smallest absolute Gasteiger partial charge is 0.326 e. The number of rotatable bonds is 2. The first-order valence-corrected chi connectivity index (χ1v) is 7.47. The van der Waals surface area contributed by atoms with Crippen molar-refractivity contribution in [1.29, 1.82) is 0 Å². The van der Waals surface area contributed by atoms with Crippen molar-refractivity contribution >= 4 is 55.1 Å². The van der Waals surface area contributed by atoms with Crippen molar-refractivity contribution in [2.75, 3.05) is 6.54 Å². The van der Waals surface area contributed by atoms with Crippen molar-refractivity contribution in [3.8, 4) is 0 Å². The van der Waals surface area contributed by atoms with Crippen molar-refractivity contribution < 1.29 is 19.8 Å². The van der Waals surface area contributed by atoms with Gasteiger partial charge in [-0.2, -0.15) is 0 Å². The molecule has 0 bridgehead atoms. The van der Waals surface area contributed by atoms with Gasteiger partial charge in [0, 0.05) is 13.0 Å². The Balaban J connectivity index is 2.28.